The number of hydrogen-bond donors (Lipinski definition) is 1. The Balaban J connectivity index is 2.87. The number of hydrogen-bond acceptors (Lipinski definition) is 2. The maximum absolute atomic E-state index is 5.88. The van der Waals surface area contributed by atoms with Crippen LogP contribution in [0.25, 0.3) is 10.9 Å². The first-order chi connectivity index (χ1) is 8.91. The molecular formula is C16H20N2S. The lowest BCUT2D eigenvalue weighted by Gasteiger charge is -2.15. The fraction of sp³-hybridized carbons (Fsp3) is 0.375. The summed E-state index contributed by atoms with van der Waals surface area (Å²) in [6.45, 7) is 8.63. The van der Waals surface area contributed by atoms with E-state index in [1.54, 1.807) is 0 Å². The van der Waals surface area contributed by atoms with Gasteiger partial charge in [0.05, 0.1) is 5.52 Å². The van der Waals surface area contributed by atoms with Gasteiger partial charge in [0.15, 0.2) is 0 Å². The molecule has 0 saturated heterocycles. The molecule has 0 saturated carbocycles. The zero-order valence-corrected chi connectivity index (χ0v) is 12.7. The Labute approximate surface area is 120 Å². The molecule has 0 atom stereocenters. The summed E-state index contributed by atoms with van der Waals surface area (Å²) in [5.74, 6) is 0.788. The number of fused-ring (bicyclic) bond motifs is 1. The number of pyridine rings is 1. The Bertz CT molecular complexity index is 630. The molecule has 0 fully saturated rings. The van der Waals surface area contributed by atoms with Crippen molar-refractivity contribution in [2.45, 2.75) is 39.5 Å². The maximum Gasteiger partial charge on any atom is 0.104 e. The summed E-state index contributed by atoms with van der Waals surface area (Å²) in [6, 6.07) is 8.26. The van der Waals surface area contributed by atoms with E-state index in [4.69, 9.17) is 22.9 Å². The molecule has 2 rings (SSSR count). The van der Waals surface area contributed by atoms with Crippen LogP contribution >= 0.6 is 12.2 Å². The van der Waals surface area contributed by atoms with Gasteiger partial charge in [-0.15, -0.1) is 0 Å². The minimum absolute atomic E-state index is 0.359. The lowest BCUT2D eigenvalue weighted by atomic mass is 9.96. The average Bonchev–Trinajstić information content (AvgIpc) is 2.36. The molecule has 2 N–H and O–H groups in total. The fourth-order valence-corrected chi connectivity index (χ4v) is 2.42. The molecule has 0 amide bonds. The summed E-state index contributed by atoms with van der Waals surface area (Å²) in [5.41, 5.74) is 10.1. The van der Waals surface area contributed by atoms with Gasteiger partial charge < -0.3 is 5.73 Å². The van der Waals surface area contributed by atoms with E-state index in [-0.39, 0.29) is 0 Å². The molecular weight excluding hydrogens is 252 g/mol. The standard InChI is InChI=1S/C16H20N2S/c1-9(2)11-6-5-7-12-13(16(17)19)8-14(10(3)4)18-15(11)12/h5-10H,1-4H3,(H2,17,19). The van der Waals surface area contributed by atoms with Crippen LogP contribution in [0.2, 0.25) is 0 Å². The summed E-state index contributed by atoms with van der Waals surface area (Å²) in [5, 5.41) is 1.06. The largest absolute Gasteiger partial charge is 0.389 e. The number of nitrogens with two attached hydrogens (primary N) is 1. The number of rotatable bonds is 3. The molecule has 0 bridgehead atoms. The quantitative estimate of drug-likeness (QED) is 0.854. The average molecular weight is 272 g/mol. The molecule has 0 aliphatic heterocycles. The molecule has 100 valence electrons. The van der Waals surface area contributed by atoms with Crippen molar-refractivity contribution in [2.75, 3.05) is 0 Å². The molecule has 19 heavy (non-hydrogen) atoms. The lowest BCUT2D eigenvalue weighted by molar-refractivity contribution is 0.823. The van der Waals surface area contributed by atoms with Crippen molar-refractivity contribution in [1.29, 1.82) is 0 Å². The van der Waals surface area contributed by atoms with E-state index < -0.39 is 0 Å². The molecule has 0 aliphatic rings. The summed E-state index contributed by atoms with van der Waals surface area (Å²) in [6.07, 6.45) is 0. The summed E-state index contributed by atoms with van der Waals surface area (Å²) < 4.78 is 0. The van der Waals surface area contributed by atoms with Crippen molar-refractivity contribution in [3.05, 3.63) is 41.1 Å². The number of aromatic nitrogens is 1. The van der Waals surface area contributed by atoms with Crippen LogP contribution in [0, 0.1) is 0 Å². The Morgan fingerprint density at radius 2 is 1.84 bits per heavy atom. The third kappa shape index (κ3) is 2.61. The second-order valence-corrected chi connectivity index (χ2v) is 5.95. The smallest absolute Gasteiger partial charge is 0.104 e. The van der Waals surface area contributed by atoms with Crippen LogP contribution in [0.1, 0.15) is 56.4 Å². The van der Waals surface area contributed by atoms with Crippen LogP contribution in [-0.2, 0) is 0 Å². The van der Waals surface area contributed by atoms with E-state index in [1.807, 2.05) is 12.1 Å². The monoisotopic (exact) mass is 272 g/mol. The lowest BCUT2D eigenvalue weighted by Crippen LogP contribution is -2.12. The topological polar surface area (TPSA) is 38.9 Å². The van der Waals surface area contributed by atoms with E-state index >= 15 is 0 Å². The number of para-hydroxylation sites is 1. The first-order valence-corrected chi connectivity index (χ1v) is 7.06. The Hall–Kier alpha value is -1.48. The highest BCUT2D eigenvalue weighted by Crippen LogP contribution is 2.28. The minimum Gasteiger partial charge on any atom is -0.389 e. The Morgan fingerprint density at radius 1 is 1.16 bits per heavy atom. The van der Waals surface area contributed by atoms with Gasteiger partial charge in [0.1, 0.15) is 4.99 Å². The summed E-state index contributed by atoms with van der Waals surface area (Å²) in [7, 11) is 0. The molecule has 0 aliphatic carbocycles. The van der Waals surface area contributed by atoms with Gasteiger partial charge in [0, 0.05) is 16.6 Å². The molecule has 1 aromatic carbocycles. The van der Waals surface area contributed by atoms with Gasteiger partial charge in [-0.25, -0.2) is 0 Å². The van der Waals surface area contributed by atoms with Crippen LogP contribution in [0.15, 0.2) is 24.3 Å². The summed E-state index contributed by atoms with van der Waals surface area (Å²) >= 11 is 5.19. The van der Waals surface area contributed by atoms with Crippen LogP contribution in [0.4, 0.5) is 0 Å². The number of benzene rings is 1. The van der Waals surface area contributed by atoms with Crippen LogP contribution in [0.5, 0.6) is 0 Å². The zero-order valence-electron chi connectivity index (χ0n) is 11.9. The Morgan fingerprint density at radius 3 is 2.37 bits per heavy atom. The first kappa shape index (κ1) is 13.9. The van der Waals surface area contributed by atoms with Crippen molar-refractivity contribution >= 4 is 28.1 Å². The molecule has 0 unspecified atom stereocenters. The van der Waals surface area contributed by atoms with Gasteiger partial charge in [-0.05, 0) is 23.5 Å². The molecule has 1 heterocycles. The van der Waals surface area contributed by atoms with E-state index in [2.05, 4.69) is 39.8 Å². The van der Waals surface area contributed by atoms with E-state index in [0.29, 0.717) is 16.8 Å². The van der Waals surface area contributed by atoms with Crippen molar-refractivity contribution < 1.29 is 0 Å². The second kappa shape index (κ2) is 5.25. The highest BCUT2D eigenvalue weighted by atomic mass is 32.1. The first-order valence-electron chi connectivity index (χ1n) is 6.65. The zero-order chi connectivity index (χ0) is 14.2. The van der Waals surface area contributed by atoms with Crippen molar-refractivity contribution in [3.8, 4) is 0 Å². The van der Waals surface area contributed by atoms with Gasteiger partial charge >= 0.3 is 0 Å². The van der Waals surface area contributed by atoms with E-state index in [0.717, 1.165) is 22.2 Å². The third-order valence-corrected chi connectivity index (χ3v) is 3.59. The van der Waals surface area contributed by atoms with Gasteiger partial charge in [-0.3, -0.25) is 4.98 Å². The highest BCUT2D eigenvalue weighted by molar-refractivity contribution is 7.80. The molecule has 0 radical (unpaired) electrons. The minimum atomic E-state index is 0.359. The molecule has 2 aromatic rings. The van der Waals surface area contributed by atoms with Crippen molar-refractivity contribution in [2.24, 2.45) is 5.73 Å². The maximum atomic E-state index is 5.88. The van der Waals surface area contributed by atoms with Crippen molar-refractivity contribution in [1.82, 2.24) is 4.98 Å². The second-order valence-electron chi connectivity index (χ2n) is 5.51. The SMILES string of the molecule is CC(C)c1cc(C(N)=S)c2cccc(C(C)C)c2n1. The molecule has 1 aromatic heterocycles. The normalized spacial score (nSPS) is 11.5. The fourth-order valence-electron chi connectivity index (χ4n) is 2.26. The highest BCUT2D eigenvalue weighted by Gasteiger charge is 2.14. The number of nitrogens with zero attached hydrogens (tertiary/aromatic N) is 1. The van der Waals surface area contributed by atoms with Crippen molar-refractivity contribution in [3.63, 3.8) is 0 Å². The Kier molecular flexibility index (Phi) is 3.85. The molecule has 3 heteroatoms. The molecule has 0 spiro atoms. The van der Waals surface area contributed by atoms with E-state index in [1.165, 1.54) is 5.56 Å². The predicted molar refractivity (Wildman–Crippen MR) is 85.8 cm³/mol. The van der Waals surface area contributed by atoms with Gasteiger partial charge in [0.2, 0.25) is 0 Å². The van der Waals surface area contributed by atoms with Crippen LogP contribution < -0.4 is 5.73 Å². The van der Waals surface area contributed by atoms with Crippen LogP contribution in [0.3, 0.4) is 0 Å². The van der Waals surface area contributed by atoms with Gasteiger partial charge in [0.25, 0.3) is 0 Å². The predicted octanol–water partition coefficient (Wildman–Crippen LogP) is 4.12. The number of thiocarbonyl (C=S) groups is 1. The molecule has 2 nitrogen and oxygen atoms in total. The van der Waals surface area contributed by atoms with Crippen LogP contribution in [-0.4, -0.2) is 9.97 Å². The van der Waals surface area contributed by atoms with Gasteiger partial charge in [-0.2, -0.15) is 0 Å². The van der Waals surface area contributed by atoms with E-state index in [9.17, 15) is 0 Å². The summed E-state index contributed by atoms with van der Waals surface area (Å²) in [4.78, 5) is 5.26. The van der Waals surface area contributed by atoms with Gasteiger partial charge in [-0.1, -0.05) is 58.1 Å². The third-order valence-electron chi connectivity index (χ3n) is 3.37.